The van der Waals surface area contributed by atoms with Gasteiger partial charge in [-0.3, -0.25) is 14.5 Å². The number of carbonyl (C=O) groups is 3. The fourth-order valence-corrected chi connectivity index (χ4v) is 4.75. The Morgan fingerprint density at radius 2 is 1.68 bits per heavy atom. The Hall–Kier alpha value is -1.59. The lowest BCUT2D eigenvalue weighted by Crippen LogP contribution is -2.49. The van der Waals surface area contributed by atoms with Crippen molar-refractivity contribution in [3.05, 3.63) is 0 Å². The molecule has 3 rings (SSSR count). The lowest BCUT2D eigenvalue weighted by molar-refractivity contribution is -0.140. The molecule has 1 N–H and O–H groups in total. The average molecular weight is 349 g/mol. The number of carbonyl (C=O) groups excluding carboxylic acids is 3. The maximum absolute atomic E-state index is 12.9. The molecule has 0 aromatic carbocycles. The molecule has 1 heterocycles. The SMILES string of the molecule is CCN(C(=O)CN1C(=O)NC2(CCCCCC2)C1=O)C1CCCCC1. The van der Waals surface area contributed by atoms with Crippen LogP contribution in [0.15, 0.2) is 0 Å². The van der Waals surface area contributed by atoms with Gasteiger partial charge in [0.25, 0.3) is 5.91 Å². The molecule has 1 spiro atoms. The second-order valence-corrected chi connectivity index (χ2v) is 7.79. The summed E-state index contributed by atoms with van der Waals surface area (Å²) in [5.41, 5.74) is -0.754. The smallest absolute Gasteiger partial charge is 0.325 e. The van der Waals surface area contributed by atoms with Crippen molar-refractivity contribution in [2.75, 3.05) is 13.1 Å². The van der Waals surface area contributed by atoms with Gasteiger partial charge < -0.3 is 10.2 Å². The van der Waals surface area contributed by atoms with Gasteiger partial charge in [-0.2, -0.15) is 0 Å². The van der Waals surface area contributed by atoms with Crippen LogP contribution in [0.3, 0.4) is 0 Å². The van der Waals surface area contributed by atoms with Gasteiger partial charge in [0.2, 0.25) is 5.91 Å². The molecule has 4 amide bonds. The number of likely N-dealkylation sites (N-methyl/N-ethyl adjacent to an activating group) is 1. The van der Waals surface area contributed by atoms with E-state index in [1.807, 2.05) is 11.8 Å². The monoisotopic (exact) mass is 349 g/mol. The first-order valence-corrected chi connectivity index (χ1v) is 10.0. The Bertz CT molecular complexity index is 520. The van der Waals surface area contributed by atoms with Crippen molar-refractivity contribution in [1.29, 1.82) is 0 Å². The largest absolute Gasteiger partial charge is 0.338 e. The molecule has 2 aliphatic carbocycles. The molecule has 0 unspecified atom stereocenters. The van der Waals surface area contributed by atoms with Crippen LogP contribution in [0.5, 0.6) is 0 Å². The third kappa shape index (κ3) is 3.67. The molecule has 1 aliphatic heterocycles. The first-order valence-electron chi connectivity index (χ1n) is 10.0. The van der Waals surface area contributed by atoms with Crippen molar-refractivity contribution < 1.29 is 14.4 Å². The van der Waals surface area contributed by atoms with Crippen molar-refractivity contribution in [1.82, 2.24) is 15.1 Å². The second kappa shape index (κ2) is 7.75. The molecule has 0 bridgehead atoms. The highest BCUT2D eigenvalue weighted by Crippen LogP contribution is 2.33. The highest BCUT2D eigenvalue weighted by atomic mass is 16.2. The Kier molecular flexibility index (Phi) is 5.64. The molecular formula is C19H31N3O3. The zero-order valence-electron chi connectivity index (χ0n) is 15.4. The summed E-state index contributed by atoms with van der Waals surface area (Å²) in [7, 11) is 0. The van der Waals surface area contributed by atoms with Crippen LogP contribution >= 0.6 is 0 Å². The van der Waals surface area contributed by atoms with Crippen LogP contribution in [-0.4, -0.2) is 52.3 Å². The van der Waals surface area contributed by atoms with Gasteiger partial charge in [0.1, 0.15) is 12.1 Å². The van der Waals surface area contributed by atoms with E-state index in [4.69, 9.17) is 0 Å². The van der Waals surface area contributed by atoms with E-state index in [0.29, 0.717) is 19.4 Å². The molecule has 140 valence electrons. The summed E-state index contributed by atoms with van der Waals surface area (Å²) in [6.45, 7) is 2.50. The summed E-state index contributed by atoms with van der Waals surface area (Å²) in [5.74, 6) is -0.281. The van der Waals surface area contributed by atoms with Crippen LogP contribution in [0.2, 0.25) is 0 Å². The van der Waals surface area contributed by atoms with Crippen LogP contribution in [-0.2, 0) is 9.59 Å². The summed E-state index contributed by atoms with van der Waals surface area (Å²) in [4.78, 5) is 41.2. The topological polar surface area (TPSA) is 69.7 Å². The molecule has 25 heavy (non-hydrogen) atoms. The first kappa shape index (κ1) is 18.2. The third-order valence-electron chi connectivity index (χ3n) is 6.17. The summed E-state index contributed by atoms with van der Waals surface area (Å²) >= 11 is 0. The maximum Gasteiger partial charge on any atom is 0.325 e. The Morgan fingerprint density at radius 1 is 1.08 bits per heavy atom. The average Bonchev–Trinajstić information content (AvgIpc) is 2.78. The van der Waals surface area contributed by atoms with E-state index in [1.165, 1.54) is 11.3 Å². The van der Waals surface area contributed by atoms with E-state index < -0.39 is 5.54 Å². The summed E-state index contributed by atoms with van der Waals surface area (Å²) in [5, 5.41) is 2.92. The van der Waals surface area contributed by atoms with Crippen molar-refractivity contribution >= 4 is 17.8 Å². The lowest BCUT2D eigenvalue weighted by Gasteiger charge is -2.34. The Labute approximate surface area is 150 Å². The Balaban J connectivity index is 1.67. The molecule has 0 radical (unpaired) electrons. The predicted molar refractivity (Wildman–Crippen MR) is 94.9 cm³/mol. The molecule has 3 fully saturated rings. The highest BCUT2D eigenvalue weighted by Gasteiger charge is 2.51. The van der Waals surface area contributed by atoms with Crippen molar-refractivity contribution in [3.8, 4) is 0 Å². The first-order chi connectivity index (χ1) is 12.1. The Morgan fingerprint density at radius 3 is 2.28 bits per heavy atom. The summed E-state index contributed by atoms with van der Waals surface area (Å²) < 4.78 is 0. The zero-order chi connectivity index (χ0) is 17.9. The van der Waals surface area contributed by atoms with Crippen LogP contribution in [0.4, 0.5) is 4.79 Å². The number of amides is 4. The van der Waals surface area contributed by atoms with Crippen molar-refractivity contribution in [2.24, 2.45) is 0 Å². The fourth-order valence-electron chi connectivity index (χ4n) is 4.75. The molecule has 3 aliphatic rings. The standard InChI is InChI=1S/C19H31N3O3/c1-2-21(15-10-6-5-7-11-15)16(23)14-22-17(24)19(20-18(22)25)12-8-3-4-9-13-19/h15H,2-14H2,1H3,(H,20,25). The molecular weight excluding hydrogens is 318 g/mol. The molecule has 0 aromatic heterocycles. The van der Waals surface area contributed by atoms with Gasteiger partial charge >= 0.3 is 6.03 Å². The van der Waals surface area contributed by atoms with Crippen LogP contribution < -0.4 is 5.32 Å². The van der Waals surface area contributed by atoms with E-state index in [9.17, 15) is 14.4 Å². The molecule has 2 saturated carbocycles. The highest BCUT2D eigenvalue weighted by molar-refractivity contribution is 6.09. The van der Waals surface area contributed by atoms with E-state index in [-0.39, 0.29) is 30.4 Å². The number of nitrogens with zero attached hydrogens (tertiary/aromatic N) is 2. The van der Waals surface area contributed by atoms with E-state index in [1.54, 1.807) is 0 Å². The lowest BCUT2D eigenvalue weighted by atomic mass is 9.90. The number of imide groups is 1. The van der Waals surface area contributed by atoms with E-state index in [2.05, 4.69) is 5.32 Å². The van der Waals surface area contributed by atoms with Crippen LogP contribution in [0.25, 0.3) is 0 Å². The number of nitrogens with one attached hydrogen (secondary N) is 1. The van der Waals surface area contributed by atoms with Gasteiger partial charge in [-0.25, -0.2) is 4.79 Å². The fraction of sp³-hybridized carbons (Fsp3) is 0.842. The number of hydrogen-bond acceptors (Lipinski definition) is 3. The number of urea groups is 1. The maximum atomic E-state index is 12.9. The molecule has 0 atom stereocenters. The van der Waals surface area contributed by atoms with E-state index >= 15 is 0 Å². The van der Waals surface area contributed by atoms with Crippen LogP contribution in [0, 0.1) is 0 Å². The summed E-state index contributed by atoms with van der Waals surface area (Å²) in [6, 6.07) is -0.126. The van der Waals surface area contributed by atoms with Gasteiger partial charge in [0, 0.05) is 12.6 Å². The molecule has 0 aromatic rings. The van der Waals surface area contributed by atoms with E-state index in [0.717, 1.165) is 51.4 Å². The molecule has 6 heteroatoms. The molecule has 1 saturated heterocycles. The number of hydrogen-bond donors (Lipinski definition) is 1. The van der Waals surface area contributed by atoms with Gasteiger partial charge in [-0.05, 0) is 32.6 Å². The normalized spacial score (nSPS) is 24.3. The predicted octanol–water partition coefficient (Wildman–Crippen LogP) is 2.81. The van der Waals surface area contributed by atoms with Gasteiger partial charge in [0.15, 0.2) is 0 Å². The molecule has 6 nitrogen and oxygen atoms in total. The minimum atomic E-state index is -0.754. The minimum Gasteiger partial charge on any atom is -0.338 e. The van der Waals surface area contributed by atoms with Crippen LogP contribution in [0.1, 0.15) is 77.6 Å². The second-order valence-electron chi connectivity index (χ2n) is 7.79. The third-order valence-corrected chi connectivity index (χ3v) is 6.17. The van der Waals surface area contributed by atoms with Crippen molar-refractivity contribution in [2.45, 2.75) is 89.1 Å². The summed E-state index contributed by atoms with van der Waals surface area (Å²) in [6.07, 6.45) is 11.1. The van der Waals surface area contributed by atoms with Gasteiger partial charge in [-0.1, -0.05) is 44.9 Å². The number of rotatable bonds is 4. The zero-order valence-corrected chi connectivity index (χ0v) is 15.4. The van der Waals surface area contributed by atoms with Gasteiger partial charge in [0.05, 0.1) is 0 Å². The van der Waals surface area contributed by atoms with Crippen molar-refractivity contribution in [3.63, 3.8) is 0 Å². The quantitative estimate of drug-likeness (QED) is 0.794. The minimum absolute atomic E-state index is 0.0939. The van der Waals surface area contributed by atoms with Gasteiger partial charge in [-0.15, -0.1) is 0 Å².